The maximum Gasteiger partial charge on any atom is 0.522 e. The number of benzene rings is 1. The molecule has 1 saturated heterocycles. The summed E-state index contributed by atoms with van der Waals surface area (Å²) in [5.74, 6) is 0.204. The maximum atomic E-state index is 13.3. The first kappa shape index (κ1) is 36.8. The van der Waals surface area contributed by atoms with Gasteiger partial charge < -0.3 is 38.7 Å². The average Bonchev–Trinajstić information content (AvgIpc) is 3.38. The lowest BCUT2D eigenvalue weighted by molar-refractivity contribution is -0.327. The van der Waals surface area contributed by atoms with E-state index in [0.717, 1.165) is 0 Å². The first-order chi connectivity index (χ1) is 20.1. The molecule has 15 heteroatoms. The van der Waals surface area contributed by atoms with Crippen molar-refractivity contribution in [3.63, 3.8) is 0 Å². The smallest absolute Gasteiger partial charge is 0.491 e. The lowest BCUT2D eigenvalue weighted by atomic mass is 10.1. The summed E-state index contributed by atoms with van der Waals surface area (Å²) in [6.45, 7) is 12.4. The van der Waals surface area contributed by atoms with E-state index < -0.39 is 33.4 Å². The Labute approximate surface area is 252 Å². The van der Waals surface area contributed by atoms with Gasteiger partial charge in [0.1, 0.15) is 18.4 Å². The van der Waals surface area contributed by atoms with E-state index in [1.165, 1.54) is 0 Å². The molecule has 1 aromatic carbocycles. The van der Waals surface area contributed by atoms with Gasteiger partial charge in [0.25, 0.3) is 0 Å². The molecule has 2 amide bonds. The van der Waals surface area contributed by atoms with E-state index in [1.54, 1.807) is 29.2 Å². The Morgan fingerprint density at radius 1 is 0.977 bits per heavy atom. The Morgan fingerprint density at radius 2 is 1.58 bits per heavy atom. The van der Waals surface area contributed by atoms with Crippen LogP contribution in [0.5, 0.6) is 5.75 Å². The molecule has 1 heterocycles. The summed E-state index contributed by atoms with van der Waals surface area (Å²) in [6.07, 6.45) is -5.65. The maximum absolute atomic E-state index is 13.3. The molecule has 2 N–H and O–H groups in total. The molecule has 43 heavy (non-hydrogen) atoms. The molecule has 0 unspecified atom stereocenters. The van der Waals surface area contributed by atoms with Crippen LogP contribution >= 0.6 is 0 Å². The van der Waals surface area contributed by atoms with Gasteiger partial charge in [0, 0.05) is 13.1 Å². The molecular formula is C28H45F3N2O9Si. The van der Waals surface area contributed by atoms with Gasteiger partial charge in [-0.3, -0.25) is 9.53 Å². The van der Waals surface area contributed by atoms with Gasteiger partial charge in [-0.25, -0.2) is 4.79 Å². The van der Waals surface area contributed by atoms with Crippen LogP contribution in [0, 0.1) is 0 Å². The fraction of sp³-hybridized carbons (Fsp3) is 0.714. The van der Waals surface area contributed by atoms with Crippen LogP contribution in [0.15, 0.2) is 24.3 Å². The van der Waals surface area contributed by atoms with E-state index in [2.05, 4.69) is 43.9 Å². The first-order valence-corrected chi connectivity index (χ1v) is 17.1. The number of nitrogens with zero attached hydrogens (tertiary/aromatic N) is 1. The predicted octanol–water partition coefficient (Wildman–Crippen LogP) is 4.58. The molecule has 0 radical (unpaired) electrons. The minimum absolute atomic E-state index is 0.101. The third-order valence-electron chi connectivity index (χ3n) is 7.25. The quantitative estimate of drug-likeness (QED) is 0.176. The fourth-order valence-electron chi connectivity index (χ4n) is 3.90. The molecule has 0 bridgehead atoms. The van der Waals surface area contributed by atoms with E-state index in [4.69, 9.17) is 23.4 Å². The summed E-state index contributed by atoms with van der Waals surface area (Å²) in [4.78, 5) is 26.3. The van der Waals surface area contributed by atoms with Crippen molar-refractivity contribution in [1.82, 2.24) is 10.2 Å². The lowest BCUT2D eigenvalue weighted by Crippen LogP contribution is -2.42. The normalized spacial score (nSPS) is 16.7. The van der Waals surface area contributed by atoms with Crippen molar-refractivity contribution in [3.8, 4) is 5.75 Å². The molecule has 1 aliphatic rings. The van der Waals surface area contributed by atoms with Crippen LogP contribution in [-0.4, -0.2) is 109 Å². The predicted molar refractivity (Wildman–Crippen MR) is 154 cm³/mol. The van der Waals surface area contributed by atoms with E-state index in [1.807, 2.05) is 0 Å². The highest BCUT2D eigenvalue weighted by Crippen LogP contribution is 2.36. The van der Waals surface area contributed by atoms with Crippen LogP contribution in [0.3, 0.4) is 0 Å². The van der Waals surface area contributed by atoms with Gasteiger partial charge >= 0.3 is 12.5 Å². The highest BCUT2D eigenvalue weighted by atomic mass is 28.4. The summed E-state index contributed by atoms with van der Waals surface area (Å²) in [5, 5.41) is 11.8. The molecule has 1 aromatic rings. The van der Waals surface area contributed by atoms with Gasteiger partial charge in [-0.2, -0.15) is 0 Å². The third kappa shape index (κ3) is 13.8. The van der Waals surface area contributed by atoms with Gasteiger partial charge in [0.2, 0.25) is 5.91 Å². The summed E-state index contributed by atoms with van der Waals surface area (Å²) < 4.78 is 67.2. The zero-order valence-corrected chi connectivity index (χ0v) is 26.5. The van der Waals surface area contributed by atoms with Crippen LogP contribution in [0.2, 0.25) is 18.1 Å². The minimum Gasteiger partial charge on any atom is -0.491 e. The molecule has 11 nitrogen and oxygen atoms in total. The van der Waals surface area contributed by atoms with E-state index in [0.29, 0.717) is 44.0 Å². The topological polar surface area (TPSA) is 125 Å². The Kier molecular flexibility index (Phi) is 14.7. The number of hydrogen-bond acceptors (Lipinski definition) is 8. The number of rotatable bonds is 18. The average molecular weight is 639 g/mol. The van der Waals surface area contributed by atoms with Crippen molar-refractivity contribution in [2.45, 2.75) is 63.8 Å². The third-order valence-corrected chi connectivity index (χ3v) is 11.8. The number of alkyl halides is 3. The fourth-order valence-corrected chi connectivity index (χ4v) is 4.93. The van der Waals surface area contributed by atoms with E-state index >= 15 is 0 Å². The summed E-state index contributed by atoms with van der Waals surface area (Å²) >= 11 is 0. The Morgan fingerprint density at radius 3 is 2.16 bits per heavy atom. The summed E-state index contributed by atoms with van der Waals surface area (Å²) in [5.41, 5.74) is 0.488. The van der Waals surface area contributed by atoms with Gasteiger partial charge in [-0.05, 0) is 42.2 Å². The standard InChI is InChI=1S/C28H45F3N2O9Si/c1-27(2,3)43(4,5)42-19-17-39-22-8-6-21(7-9-22)24(32-26(35)36)25(34)33-11-10-23(20-33)40-16-14-37-12-13-38-15-18-41-28(29,30)31/h6-9,23-24,32H,10-20H2,1-5H3,(H,35,36)/t23-,24-/m0/s1. The Balaban J connectivity index is 1.74. The number of halogens is 3. The Bertz CT molecular complexity index is 991. The summed E-state index contributed by atoms with van der Waals surface area (Å²) in [7, 11) is -1.87. The number of nitrogens with one attached hydrogen (secondary N) is 1. The van der Waals surface area contributed by atoms with Gasteiger partial charge in [0.05, 0.1) is 52.4 Å². The summed E-state index contributed by atoms with van der Waals surface area (Å²) in [6, 6.07) is 5.64. The number of amides is 2. The van der Waals surface area contributed by atoms with Gasteiger partial charge in [0.15, 0.2) is 8.32 Å². The van der Waals surface area contributed by atoms with Crippen molar-refractivity contribution in [3.05, 3.63) is 29.8 Å². The largest absolute Gasteiger partial charge is 0.522 e. The number of carbonyl (C=O) groups excluding carboxylic acids is 1. The second-order valence-corrected chi connectivity index (χ2v) is 16.3. The molecule has 0 aromatic heterocycles. The first-order valence-electron chi connectivity index (χ1n) is 14.2. The second-order valence-electron chi connectivity index (χ2n) is 11.5. The van der Waals surface area contributed by atoms with Crippen LogP contribution in [0.4, 0.5) is 18.0 Å². The van der Waals surface area contributed by atoms with Crippen LogP contribution in [-0.2, 0) is 28.2 Å². The van der Waals surface area contributed by atoms with Gasteiger partial charge in [-0.15, -0.1) is 13.2 Å². The highest BCUT2D eigenvalue weighted by Gasteiger charge is 2.37. The molecule has 1 fully saturated rings. The zero-order chi connectivity index (χ0) is 32.1. The number of ether oxygens (including phenoxy) is 5. The molecule has 1 aliphatic heterocycles. The van der Waals surface area contributed by atoms with Crippen LogP contribution in [0.25, 0.3) is 0 Å². The molecule has 0 spiro atoms. The van der Waals surface area contributed by atoms with E-state index in [9.17, 15) is 27.9 Å². The van der Waals surface area contributed by atoms with Crippen molar-refractivity contribution in [2.24, 2.45) is 0 Å². The molecule has 2 rings (SSSR count). The van der Waals surface area contributed by atoms with Crippen molar-refractivity contribution in [1.29, 1.82) is 0 Å². The molecular weight excluding hydrogens is 593 g/mol. The minimum atomic E-state index is -4.67. The highest BCUT2D eigenvalue weighted by molar-refractivity contribution is 6.74. The van der Waals surface area contributed by atoms with Crippen molar-refractivity contribution in [2.75, 3.05) is 65.9 Å². The van der Waals surface area contributed by atoms with Crippen LogP contribution < -0.4 is 10.1 Å². The number of carboxylic acid groups (broad SMARTS) is 1. The molecule has 2 atom stereocenters. The molecule has 0 saturated carbocycles. The zero-order valence-electron chi connectivity index (χ0n) is 25.5. The van der Waals surface area contributed by atoms with Crippen molar-refractivity contribution < 1.29 is 56.0 Å². The van der Waals surface area contributed by atoms with Crippen molar-refractivity contribution >= 4 is 20.3 Å². The monoisotopic (exact) mass is 638 g/mol. The number of carbonyl (C=O) groups is 2. The number of hydrogen-bond donors (Lipinski definition) is 2. The van der Waals surface area contributed by atoms with E-state index in [-0.39, 0.29) is 50.1 Å². The lowest BCUT2D eigenvalue weighted by Gasteiger charge is -2.36. The Hall–Kier alpha value is -2.43. The SMILES string of the molecule is CC(C)(C)[Si](C)(C)OCCOc1ccc([C@H](NC(=O)O)C(=O)N2CC[C@H](OCCOCCOCCOC(F)(F)F)C2)cc1. The molecule has 0 aliphatic carbocycles. The molecule has 246 valence electrons. The second kappa shape index (κ2) is 17.2. The van der Waals surface area contributed by atoms with Crippen LogP contribution in [0.1, 0.15) is 38.8 Å². The van der Waals surface area contributed by atoms with Gasteiger partial charge in [-0.1, -0.05) is 32.9 Å². The number of likely N-dealkylation sites (tertiary alicyclic amines) is 1.